The maximum Gasteiger partial charge on any atom is 0.0641 e. The lowest BCUT2D eigenvalue weighted by atomic mass is 9.77. The molecule has 2 nitrogen and oxygen atoms in total. The van der Waals surface area contributed by atoms with Crippen molar-refractivity contribution in [3.8, 4) is 0 Å². The highest BCUT2D eigenvalue weighted by atomic mass is 35.5. The number of rotatable bonds is 4. The molecule has 1 heterocycles. The largest absolute Gasteiger partial charge is 0.376 e. The Labute approximate surface area is 165 Å². The molecule has 0 saturated carbocycles. The van der Waals surface area contributed by atoms with E-state index in [0.717, 1.165) is 40.8 Å². The van der Waals surface area contributed by atoms with Crippen LogP contribution in [0.4, 0.5) is 11.4 Å². The molecule has 26 heavy (non-hydrogen) atoms. The molecule has 0 bridgehead atoms. The summed E-state index contributed by atoms with van der Waals surface area (Å²) < 4.78 is 0. The lowest BCUT2D eigenvalue weighted by Gasteiger charge is -2.38. The Morgan fingerprint density at radius 2 is 1.69 bits per heavy atom. The predicted molar refractivity (Wildman–Crippen MR) is 113 cm³/mol. The van der Waals surface area contributed by atoms with Crippen molar-refractivity contribution >= 4 is 34.6 Å². The highest BCUT2D eigenvalue weighted by molar-refractivity contribution is 6.36. The number of halogens is 2. The maximum absolute atomic E-state index is 6.52. The SMILES string of the molecule is CCN(CC)c1ccc(C2Nc3c(Cl)ccc(Cl)c3C3C=CCC32)cc1. The van der Waals surface area contributed by atoms with Gasteiger partial charge in [-0.1, -0.05) is 47.5 Å². The van der Waals surface area contributed by atoms with Crippen molar-refractivity contribution in [1.82, 2.24) is 0 Å². The minimum absolute atomic E-state index is 0.240. The van der Waals surface area contributed by atoms with Gasteiger partial charge in [-0.25, -0.2) is 0 Å². The van der Waals surface area contributed by atoms with Crippen LogP contribution in [-0.2, 0) is 0 Å². The fourth-order valence-corrected chi connectivity index (χ4v) is 4.94. The van der Waals surface area contributed by atoms with E-state index < -0.39 is 0 Å². The Kier molecular flexibility index (Phi) is 4.90. The van der Waals surface area contributed by atoms with Gasteiger partial charge in [0.05, 0.1) is 16.8 Å². The summed E-state index contributed by atoms with van der Waals surface area (Å²) in [7, 11) is 0. The Hall–Kier alpha value is -1.64. The first-order valence-electron chi connectivity index (χ1n) is 9.40. The van der Waals surface area contributed by atoms with Crippen LogP contribution in [0.15, 0.2) is 48.6 Å². The molecule has 3 unspecified atom stereocenters. The van der Waals surface area contributed by atoms with Gasteiger partial charge in [0, 0.05) is 35.3 Å². The number of anilines is 2. The molecule has 0 radical (unpaired) electrons. The average Bonchev–Trinajstić information content (AvgIpc) is 3.15. The standard InChI is InChI=1S/C22H24Cl2N2/c1-3-26(4-2)15-10-8-14(9-11-15)21-17-7-5-6-16(17)20-18(23)12-13-19(24)22(20)25-21/h5-6,8-13,16-17,21,25H,3-4,7H2,1-2H3. The number of nitrogens with one attached hydrogen (secondary N) is 1. The zero-order chi connectivity index (χ0) is 18.3. The molecule has 1 aliphatic heterocycles. The van der Waals surface area contributed by atoms with Crippen LogP contribution >= 0.6 is 23.2 Å². The monoisotopic (exact) mass is 386 g/mol. The molecule has 2 aliphatic rings. The Morgan fingerprint density at radius 3 is 2.38 bits per heavy atom. The summed E-state index contributed by atoms with van der Waals surface area (Å²) in [5.41, 5.74) is 4.72. The summed E-state index contributed by atoms with van der Waals surface area (Å²) in [5.74, 6) is 0.794. The summed E-state index contributed by atoms with van der Waals surface area (Å²) in [6.45, 7) is 6.43. The van der Waals surface area contributed by atoms with Crippen LogP contribution in [0, 0.1) is 5.92 Å². The molecule has 0 fully saturated rings. The quantitative estimate of drug-likeness (QED) is 0.590. The molecular formula is C22H24Cl2N2. The van der Waals surface area contributed by atoms with Crippen LogP contribution in [0.25, 0.3) is 0 Å². The summed E-state index contributed by atoms with van der Waals surface area (Å²) in [5, 5.41) is 5.24. The van der Waals surface area contributed by atoms with E-state index in [2.05, 4.69) is 60.5 Å². The van der Waals surface area contributed by atoms with Crippen LogP contribution < -0.4 is 10.2 Å². The molecule has 2 aromatic carbocycles. The molecule has 0 spiro atoms. The average molecular weight is 387 g/mol. The lowest BCUT2D eigenvalue weighted by Crippen LogP contribution is -2.29. The van der Waals surface area contributed by atoms with Crippen molar-refractivity contribution in [1.29, 1.82) is 0 Å². The topological polar surface area (TPSA) is 15.3 Å². The minimum Gasteiger partial charge on any atom is -0.376 e. The second kappa shape index (κ2) is 7.17. The number of hydrogen-bond acceptors (Lipinski definition) is 2. The highest BCUT2D eigenvalue weighted by Gasteiger charge is 2.39. The second-order valence-electron chi connectivity index (χ2n) is 7.06. The molecule has 4 rings (SSSR count). The highest BCUT2D eigenvalue weighted by Crippen LogP contribution is 2.53. The van der Waals surface area contributed by atoms with Gasteiger partial charge in [0.15, 0.2) is 0 Å². The third-order valence-electron chi connectivity index (χ3n) is 5.80. The van der Waals surface area contributed by atoms with Crippen LogP contribution in [-0.4, -0.2) is 13.1 Å². The van der Waals surface area contributed by atoms with Gasteiger partial charge in [-0.05, 0) is 56.0 Å². The van der Waals surface area contributed by atoms with E-state index in [9.17, 15) is 0 Å². The summed E-state index contributed by atoms with van der Waals surface area (Å²) >= 11 is 13.0. The number of benzene rings is 2. The first-order chi connectivity index (χ1) is 12.6. The van der Waals surface area contributed by atoms with Gasteiger partial charge in [-0.2, -0.15) is 0 Å². The van der Waals surface area contributed by atoms with Gasteiger partial charge >= 0.3 is 0 Å². The van der Waals surface area contributed by atoms with Crippen LogP contribution in [0.1, 0.15) is 43.4 Å². The molecule has 2 aromatic rings. The minimum atomic E-state index is 0.240. The fourth-order valence-electron chi connectivity index (χ4n) is 4.44. The molecule has 0 amide bonds. The number of nitrogens with zero attached hydrogens (tertiary/aromatic N) is 1. The van der Waals surface area contributed by atoms with Gasteiger partial charge in [-0.15, -0.1) is 0 Å². The Morgan fingerprint density at radius 1 is 1.00 bits per heavy atom. The van der Waals surface area contributed by atoms with Crippen molar-refractivity contribution in [2.75, 3.05) is 23.3 Å². The van der Waals surface area contributed by atoms with E-state index in [1.54, 1.807) is 0 Å². The van der Waals surface area contributed by atoms with E-state index in [1.807, 2.05) is 12.1 Å². The van der Waals surface area contributed by atoms with Crippen LogP contribution in [0.5, 0.6) is 0 Å². The number of hydrogen-bond donors (Lipinski definition) is 1. The zero-order valence-corrected chi connectivity index (χ0v) is 16.7. The maximum atomic E-state index is 6.52. The van der Waals surface area contributed by atoms with E-state index >= 15 is 0 Å². The fraction of sp³-hybridized carbons (Fsp3) is 0.364. The summed E-state index contributed by atoms with van der Waals surface area (Å²) in [4.78, 5) is 2.37. The van der Waals surface area contributed by atoms with Crippen molar-refractivity contribution in [3.63, 3.8) is 0 Å². The van der Waals surface area contributed by atoms with Gasteiger partial charge in [0.1, 0.15) is 0 Å². The molecular weight excluding hydrogens is 363 g/mol. The van der Waals surface area contributed by atoms with Crippen LogP contribution in [0.3, 0.4) is 0 Å². The molecule has 1 aliphatic carbocycles. The molecule has 136 valence electrons. The number of allylic oxidation sites excluding steroid dienone is 2. The van der Waals surface area contributed by atoms with Crippen LogP contribution in [0.2, 0.25) is 10.0 Å². The van der Waals surface area contributed by atoms with Crippen molar-refractivity contribution in [3.05, 3.63) is 69.7 Å². The van der Waals surface area contributed by atoms with E-state index in [-0.39, 0.29) is 6.04 Å². The predicted octanol–water partition coefficient (Wildman–Crippen LogP) is 6.67. The van der Waals surface area contributed by atoms with Gasteiger partial charge < -0.3 is 10.2 Å². The summed E-state index contributed by atoms with van der Waals surface area (Å²) in [6.07, 6.45) is 5.63. The molecule has 0 saturated heterocycles. The smallest absolute Gasteiger partial charge is 0.0641 e. The molecule has 0 aromatic heterocycles. The third kappa shape index (κ3) is 2.90. The van der Waals surface area contributed by atoms with E-state index in [1.165, 1.54) is 11.3 Å². The first kappa shape index (κ1) is 17.8. The lowest BCUT2D eigenvalue weighted by molar-refractivity contribution is 0.426. The summed E-state index contributed by atoms with van der Waals surface area (Å²) in [6, 6.07) is 13.0. The third-order valence-corrected chi connectivity index (χ3v) is 6.44. The van der Waals surface area contributed by atoms with Gasteiger partial charge in [-0.3, -0.25) is 0 Å². The van der Waals surface area contributed by atoms with Gasteiger partial charge in [0.25, 0.3) is 0 Å². The molecule has 3 atom stereocenters. The Bertz CT molecular complexity index is 825. The first-order valence-corrected chi connectivity index (χ1v) is 10.2. The normalized spacial score (nSPS) is 23.3. The molecule has 4 heteroatoms. The van der Waals surface area contributed by atoms with E-state index in [0.29, 0.717) is 11.8 Å². The number of fused-ring (bicyclic) bond motifs is 3. The van der Waals surface area contributed by atoms with Crippen molar-refractivity contribution < 1.29 is 0 Å². The van der Waals surface area contributed by atoms with Crippen molar-refractivity contribution in [2.45, 2.75) is 32.2 Å². The second-order valence-corrected chi connectivity index (χ2v) is 7.87. The Balaban J connectivity index is 1.71. The zero-order valence-electron chi connectivity index (χ0n) is 15.2. The van der Waals surface area contributed by atoms with Crippen molar-refractivity contribution in [2.24, 2.45) is 5.92 Å². The van der Waals surface area contributed by atoms with Gasteiger partial charge in [0.2, 0.25) is 0 Å². The molecule has 1 N–H and O–H groups in total. The van der Waals surface area contributed by atoms with E-state index in [4.69, 9.17) is 23.2 Å².